The minimum absolute atomic E-state index is 0.00899. The van der Waals surface area contributed by atoms with Crippen LogP contribution < -0.4 is 5.32 Å². The van der Waals surface area contributed by atoms with E-state index in [-0.39, 0.29) is 12.5 Å². The molecule has 0 radical (unpaired) electrons. The number of hydrogen-bond acceptors (Lipinski definition) is 5. The Labute approximate surface area is 121 Å². The van der Waals surface area contributed by atoms with E-state index >= 15 is 0 Å². The average molecular weight is 344 g/mol. The summed E-state index contributed by atoms with van der Waals surface area (Å²) in [7, 11) is 1.31. The lowest BCUT2D eigenvalue weighted by Gasteiger charge is -2.00. The number of rotatable bonds is 4. The lowest BCUT2D eigenvalue weighted by Crippen LogP contribution is -2.12. The van der Waals surface area contributed by atoms with E-state index in [4.69, 9.17) is 0 Å². The Bertz CT molecular complexity index is 608. The largest absolute Gasteiger partial charge is 0.468 e. The van der Waals surface area contributed by atoms with Crippen LogP contribution in [0.5, 0.6) is 0 Å². The maximum absolute atomic E-state index is 11.9. The van der Waals surface area contributed by atoms with Gasteiger partial charge >= 0.3 is 5.97 Å². The van der Waals surface area contributed by atoms with Gasteiger partial charge in [-0.2, -0.15) is 5.10 Å². The number of carbonyl (C=O) groups is 2. The van der Waals surface area contributed by atoms with Gasteiger partial charge in [0, 0.05) is 10.7 Å². The highest BCUT2D eigenvalue weighted by Crippen LogP contribution is 2.23. The minimum Gasteiger partial charge on any atom is -0.468 e. The number of anilines is 1. The molecule has 0 aliphatic rings. The molecule has 19 heavy (non-hydrogen) atoms. The third kappa shape index (κ3) is 3.42. The van der Waals surface area contributed by atoms with E-state index in [9.17, 15) is 9.59 Å². The normalized spacial score (nSPS) is 10.2. The Hall–Kier alpha value is -1.67. The van der Waals surface area contributed by atoms with Gasteiger partial charge in [0.1, 0.15) is 11.4 Å². The van der Waals surface area contributed by atoms with Gasteiger partial charge in [-0.1, -0.05) is 0 Å². The van der Waals surface area contributed by atoms with E-state index in [0.29, 0.717) is 10.6 Å². The summed E-state index contributed by atoms with van der Waals surface area (Å²) in [5, 5.41) is 8.48. The van der Waals surface area contributed by atoms with Gasteiger partial charge in [-0.3, -0.25) is 14.3 Å². The Morgan fingerprint density at radius 2 is 2.37 bits per heavy atom. The topological polar surface area (TPSA) is 73.2 Å². The molecule has 2 aromatic heterocycles. The van der Waals surface area contributed by atoms with E-state index in [2.05, 4.69) is 31.1 Å². The van der Waals surface area contributed by atoms with Crippen molar-refractivity contribution in [1.82, 2.24) is 9.78 Å². The SMILES string of the molecule is COC(=O)Cn1cc(NC(=O)c2sccc2Br)cn1. The lowest BCUT2D eigenvalue weighted by molar-refractivity contribution is -0.141. The van der Waals surface area contributed by atoms with E-state index < -0.39 is 5.97 Å². The number of carbonyl (C=O) groups excluding carboxylic acids is 2. The molecule has 2 heterocycles. The predicted molar refractivity (Wildman–Crippen MR) is 74.2 cm³/mol. The van der Waals surface area contributed by atoms with Crippen molar-refractivity contribution in [2.75, 3.05) is 12.4 Å². The van der Waals surface area contributed by atoms with E-state index in [1.165, 1.54) is 29.3 Å². The maximum Gasteiger partial charge on any atom is 0.327 e. The summed E-state index contributed by atoms with van der Waals surface area (Å²) in [5.41, 5.74) is 0.522. The van der Waals surface area contributed by atoms with Crippen molar-refractivity contribution in [2.24, 2.45) is 0 Å². The molecular formula is C11H10BrN3O3S. The third-order valence-electron chi connectivity index (χ3n) is 2.23. The fourth-order valence-corrected chi connectivity index (χ4v) is 2.80. The van der Waals surface area contributed by atoms with Crippen LogP contribution in [0.4, 0.5) is 5.69 Å². The van der Waals surface area contributed by atoms with Crippen LogP contribution in [0.1, 0.15) is 9.67 Å². The molecule has 0 aromatic carbocycles. The monoisotopic (exact) mass is 343 g/mol. The second-order valence-corrected chi connectivity index (χ2v) is 5.32. The van der Waals surface area contributed by atoms with Crippen molar-refractivity contribution in [3.63, 3.8) is 0 Å². The molecule has 0 unspecified atom stereocenters. The van der Waals surface area contributed by atoms with E-state index in [1.54, 1.807) is 12.3 Å². The van der Waals surface area contributed by atoms with E-state index in [1.807, 2.05) is 5.38 Å². The second kappa shape index (κ2) is 5.98. The first-order chi connectivity index (χ1) is 9.10. The fraction of sp³-hybridized carbons (Fsp3) is 0.182. The third-order valence-corrected chi connectivity index (χ3v) is 4.07. The van der Waals surface area contributed by atoms with Crippen molar-refractivity contribution in [3.8, 4) is 0 Å². The van der Waals surface area contributed by atoms with Crippen LogP contribution in [-0.2, 0) is 16.1 Å². The molecule has 0 spiro atoms. The van der Waals surface area contributed by atoms with Crippen molar-refractivity contribution in [1.29, 1.82) is 0 Å². The molecule has 0 aliphatic carbocycles. The smallest absolute Gasteiger partial charge is 0.327 e. The van der Waals surface area contributed by atoms with Gasteiger partial charge in [0.2, 0.25) is 0 Å². The molecule has 8 heteroatoms. The van der Waals surface area contributed by atoms with Gasteiger partial charge in [-0.15, -0.1) is 11.3 Å². The molecule has 0 saturated heterocycles. The van der Waals surface area contributed by atoms with Crippen LogP contribution >= 0.6 is 27.3 Å². The molecule has 0 atom stereocenters. The number of nitrogens with one attached hydrogen (secondary N) is 1. The molecule has 0 bridgehead atoms. The summed E-state index contributed by atoms with van der Waals surface area (Å²) in [5.74, 6) is -0.624. The summed E-state index contributed by atoms with van der Waals surface area (Å²) < 4.78 is 6.67. The Kier molecular flexibility index (Phi) is 4.33. The summed E-state index contributed by atoms with van der Waals surface area (Å²) in [6.45, 7) is 0.00899. The number of hydrogen-bond donors (Lipinski definition) is 1. The number of ether oxygens (including phenoxy) is 1. The molecular weight excluding hydrogens is 334 g/mol. The molecule has 0 aliphatic heterocycles. The van der Waals surface area contributed by atoms with Crippen molar-refractivity contribution in [3.05, 3.63) is 33.2 Å². The van der Waals surface area contributed by atoms with Gasteiger partial charge in [0.15, 0.2) is 0 Å². The highest BCUT2D eigenvalue weighted by molar-refractivity contribution is 9.10. The van der Waals surface area contributed by atoms with Gasteiger partial charge in [-0.25, -0.2) is 0 Å². The van der Waals surface area contributed by atoms with Crippen LogP contribution in [-0.4, -0.2) is 28.8 Å². The first-order valence-corrected chi connectivity index (χ1v) is 6.91. The fourth-order valence-electron chi connectivity index (χ4n) is 1.36. The molecule has 1 N–H and O–H groups in total. The van der Waals surface area contributed by atoms with E-state index in [0.717, 1.165) is 4.47 Å². The Morgan fingerprint density at radius 3 is 3.00 bits per heavy atom. The number of thiophene rings is 1. The molecule has 6 nitrogen and oxygen atoms in total. The van der Waals surface area contributed by atoms with Gasteiger partial charge in [0.05, 0.1) is 19.0 Å². The zero-order chi connectivity index (χ0) is 13.8. The van der Waals surface area contributed by atoms with Crippen LogP contribution in [0, 0.1) is 0 Å². The molecule has 100 valence electrons. The summed E-state index contributed by atoms with van der Waals surface area (Å²) in [6.07, 6.45) is 3.04. The standard InChI is InChI=1S/C11H10BrN3O3S/c1-18-9(16)6-15-5-7(4-13-15)14-11(17)10-8(12)2-3-19-10/h2-5H,6H2,1H3,(H,14,17). The molecule has 2 aromatic rings. The number of methoxy groups -OCH3 is 1. The van der Waals surface area contributed by atoms with Gasteiger partial charge in [0.25, 0.3) is 5.91 Å². The molecule has 1 amide bonds. The molecule has 0 saturated carbocycles. The van der Waals surface area contributed by atoms with Crippen LogP contribution in [0.25, 0.3) is 0 Å². The Balaban J connectivity index is 2.02. The summed E-state index contributed by atoms with van der Waals surface area (Å²) >= 11 is 4.63. The van der Waals surface area contributed by atoms with Crippen LogP contribution in [0.15, 0.2) is 28.3 Å². The number of halogens is 1. The van der Waals surface area contributed by atoms with Crippen molar-refractivity contribution < 1.29 is 14.3 Å². The number of aromatic nitrogens is 2. The lowest BCUT2D eigenvalue weighted by atomic mass is 10.4. The quantitative estimate of drug-likeness (QED) is 0.863. The summed E-state index contributed by atoms with van der Waals surface area (Å²) in [6, 6.07) is 1.81. The highest BCUT2D eigenvalue weighted by atomic mass is 79.9. The zero-order valence-corrected chi connectivity index (χ0v) is 12.3. The minimum atomic E-state index is -0.401. The summed E-state index contributed by atoms with van der Waals surface area (Å²) in [4.78, 5) is 23.6. The van der Waals surface area contributed by atoms with Crippen molar-refractivity contribution in [2.45, 2.75) is 6.54 Å². The first-order valence-electron chi connectivity index (χ1n) is 5.23. The van der Waals surface area contributed by atoms with Crippen LogP contribution in [0.2, 0.25) is 0 Å². The average Bonchev–Trinajstić information content (AvgIpc) is 2.98. The Morgan fingerprint density at radius 1 is 1.58 bits per heavy atom. The number of nitrogens with zero attached hydrogens (tertiary/aromatic N) is 2. The first kappa shape index (κ1) is 13.8. The molecule has 2 rings (SSSR count). The number of esters is 1. The van der Waals surface area contributed by atoms with Crippen LogP contribution in [0.3, 0.4) is 0 Å². The number of amides is 1. The van der Waals surface area contributed by atoms with Gasteiger partial charge < -0.3 is 10.1 Å². The second-order valence-electron chi connectivity index (χ2n) is 3.55. The highest BCUT2D eigenvalue weighted by Gasteiger charge is 2.13. The predicted octanol–water partition coefficient (Wildman–Crippen LogP) is 2.13. The zero-order valence-electron chi connectivity index (χ0n) is 9.92. The van der Waals surface area contributed by atoms with Crippen molar-refractivity contribution >= 4 is 44.8 Å². The molecule has 0 fully saturated rings. The maximum atomic E-state index is 11.9. The van der Waals surface area contributed by atoms with Gasteiger partial charge in [-0.05, 0) is 27.4 Å².